The van der Waals surface area contributed by atoms with Crippen molar-refractivity contribution >= 4 is 5.97 Å². The first-order valence-electron chi connectivity index (χ1n) is 5.35. The molecule has 1 rings (SSSR count). The van der Waals surface area contributed by atoms with Crippen molar-refractivity contribution in [2.45, 2.75) is 26.8 Å². The molecule has 2 atom stereocenters. The standard InChI is InChI=1S/C11H17N3O4/c1-5-8(14(16)17)7(12)6(2)11(3,9(5)13)10(15)18-4/h9H,12-13H2,1-4H3. The van der Waals surface area contributed by atoms with E-state index in [0.29, 0.717) is 5.57 Å². The molecule has 7 nitrogen and oxygen atoms in total. The van der Waals surface area contributed by atoms with Crippen molar-refractivity contribution in [1.29, 1.82) is 0 Å². The second-order valence-corrected chi connectivity index (χ2v) is 4.50. The van der Waals surface area contributed by atoms with Crippen LogP contribution >= 0.6 is 0 Å². The Bertz CT molecular complexity index is 481. The van der Waals surface area contributed by atoms with Crippen LogP contribution in [-0.2, 0) is 9.53 Å². The number of nitro groups is 1. The lowest BCUT2D eigenvalue weighted by atomic mass is 9.69. The first-order valence-corrected chi connectivity index (χ1v) is 5.35. The molecule has 18 heavy (non-hydrogen) atoms. The fourth-order valence-corrected chi connectivity index (χ4v) is 2.22. The van der Waals surface area contributed by atoms with Gasteiger partial charge < -0.3 is 16.2 Å². The van der Waals surface area contributed by atoms with Crippen molar-refractivity contribution in [2.75, 3.05) is 7.11 Å². The maximum absolute atomic E-state index is 11.9. The molecule has 0 saturated heterocycles. The Hall–Kier alpha value is -1.89. The Labute approximate surface area is 105 Å². The predicted octanol–water partition coefficient (Wildman–Crippen LogP) is 0.290. The second-order valence-electron chi connectivity index (χ2n) is 4.50. The molecule has 0 radical (unpaired) electrons. The number of hydrogen-bond donors (Lipinski definition) is 2. The second kappa shape index (κ2) is 4.41. The first kappa shape index (κ1) is 14.2. The topological polar surface area (TPSA) is 121 Å². The average molecular weight is 255 g/mol. The SMILES string of the molecule is COC(=O)C1(C)C(C)=C(N)C([N+](=O)[O-])=C(C)C1N. The zero-order valence-electron chi connectivity index (χ0n) is 10.8. The normalized spacial score (nSPS) is 28.4. The molecular formula is C11H17N3O4. The van der Waals surface area contributed by atoms with Crippen LogP contribution in [0.2, 0.25) is 0 Å². The van der Waals surface area contributed by atoms with Gasteiger partial charge in [0.1, 0.15) is 11.1 Å². The number of nitrogens with two attached hydrogens (primary N) is 2. The van der Waals surface area contributed by atoms with Crippen molar-refractivity contribution in [3.05, 3.63) is 32.7 Å². The van der Waals surface area contributed by atoms with E-state index >= 15 is 0 Å². The number of esters is 1. The fraction of sp³-hybridized carbons (Fsp3) is 0.545. The van der Waals surface area contributed by atoms with Crippen LogP contribution in [0.25, 0.3) is 0 Å². The van der Waals surface area contributed by atoms with E-state index in [9.17, 15) is 14.9 Å². The highest BCUT2D eigenvalue weighted by Crippen LogP contribution is 2.41. The molecule has 7 heteroatoms. The van der Waals surface area contributed by atoms with Crippen LogP contribution in [0.4, 0.5) is 0 Å². The predicted molar refractivity (Wildman–Crippen MR) is 64.7 cm³/mol. The third kappa shape index (κ3) is 1.67. The number of methoxy groups -OCH3 is 1. The van der Waals surface area contributed by atoms with Crippen molar-refractivity contribution in [2.24, 2.45) is 16.9 Å². The van der Waals surface area contributed by atoms with Gasteiger partial charge in [-0.3, -0.25) is 14.9 Å². The van der Waals surface area contributed by atoms with E-state index in [0.717, 1.165) is 0 Å². The van der Waals surface area contributed by atoms with E-state index in [1.54, 1.807) is 13.8 Å². The summed E-state index contributed by atoms with van der Waals surface area (Å²) in [4.78, 5) is 22.3. The number of ether oxygens (including phenoxy) is 1. The molecule has 0 amide bonds. The number of rotatable bonds is 2. The Morgan fingerprint density at radius 1 is 1.50 bits per heavy atom. The lowest BCUT2D eigenvalue weighted by Gasteiger charge is -2.37. The van der Waals surface area contributed by atoms with Gasteiger partial charge in [0.2, 0.25) is 0 Å². The molecule has 0 aromatic carbocycles. The van der Waals surface area contributed by atoms with Crippen LogP contribution in [0, 0.1) is 15.5 Å². The Morgan fingerprint density at radius 3 is 2.39 bits per heavy atom. The minimum Gasteiger partial charge on any atom is -0.468 e. The molecule has 1 aliphatic rings. The van der Waals surface area contributed by atoms with Crippen LogP contribution in [0.1, 0.15) is 20.8 Å². The summed E-state index contributed by atoms with van der Waals surface area (Å²) in [6.45, 7) is 4.64. The van der Waals surface area contributed by atoms with Crippen molar-refractivity contribution in [3.63, 3.8) is 0 Å². The van der Waals surface area contributed by atoms with Gasteiger partial charge in [-0.1, -0.05) is 0 Å². The minimum absolute atomic E-state index is 0.0212. The quantitative estimate of drug-likeness (QED) is 0.415. The lowest BCUT2D eigenvalue weighted by Crippen LogP contribution is -2.51. The summed E-state index contributed by atoms with van der Waals surface area (Å²) in [5.74, 6) is -0.558. The lowest BCUT2D eigenvalue weighted by molar-refractivity contribution is -0.423. The van der Waals surface area contributed by atoms with Crippen LogP contribution in [0.15, 0.2) is 22.5 Å². The van der Waals surface area contributed by atoms with Gasteiger partial charge in [-0.15, -0.1) is 0 Å². The molecular weight excluding hydrogens is 238 g/mol. The first-order chi connectivity index (χ1) is 8.19. The van der Waals surface area contributed by atoms with Gasteiger partial charge in [-0.2, -0.15) is 0 Å². The molecule has 0 aliphatic heterocycles. The van der Waals surface area contributed by atoms with Gasteiger partial charge in [0.25, 0.3) is 5.70 Å². The molecule has 0 fully saturated rings. The summed E-state index contributed by atoms with van der Waals surface area (Å²) in [6, 6.07) is -0.836. The third-order valence-corrected chi connectivity index (χ3v) is 3.69. The molecule has 0 heterocycles. The van der Waals surface area contributed by atoms with Gasteiger partial charge in [0.05, 0.1) is 18.1 Å². The van der Waals surface area contributed by atoms with Gasteiger partial charge >= 0.3 is 5.97 Å². The van der Waals surface area contributed by atoms with Crippen molar-refractivity contribution in [3.8, 4) is 0 Å². The van der Waals surface area contributed by atoms with E-state index in [1.165, 1.54) is 14.0 Å². The van der Waals surface area contributed by atoms with Gasteiger partial charge in [-0.25, -0.2) is 0 Å². The van der Waals surface area contributed by atoms with E-state index < -0.39 is 22.3 Å². The molecule has 0 aromatic rings. The zero-order valence-corrected chi connectivity index (χ0v) is 10.8. The molecule has 2 unspecified atom stereocenters. The third-order valence-electron chi connectivity index (χ3n) is 3.69. The molecule has 100 valence electrons. The largest absolute Gasteiger partial charge is 0.468 e. The molecule has 4 N–H and O–H groups in total. The average Bonchev–Trinajstić information content (AvgIpc) is 2.32. The summed E-state index contributed by atoms with van der Waals surface area (Å²) >= 11 is 0. The van der Waals surface area contributed by atoms with Crippen LogP contribution in [-0.4, -0.2) is 24.0 Å². The number of nitrogens with zero attached hydrogens (tertiary/aromatic N) is 1. The van der Waals surface area contributed by atoms with Gasteiger partial charge in [0, 0.05) is 5.57 Å². The van der Waals surface area contributed by atoms with Crippen LogP contribution in [0.3, 0.4) is 0 Å². The zero-order chi connectivity index (χ0) is 14.2. The monoisotopic (exact) mass is 255 g/mol. The highest BCUT2D eigenvalue weighted by molar-refractivity contribution is 5.83. The maximum atomic E-state index is 11.9. The molecule has 1 aliphatic carbocycles. The highest BCUT2D eigenvalue weighted by Gasteiger charge is 2.50. The summed E-state index contributed by atoms with van der Waals surface area (Å²) in [6.07, 6.45) is 0. The summed E-state index contributed by atoms with van der Waals surface area (Å²) < 4.78 is 4.72. The van der Waals surface area contributed by atoms with E-state index in [2.05, 4.69) is 0 Å². The number of carbonyl (C=O) groups is 1. The van der Waals surface area contributed by atoms with Crippen LogP contribution < -0.4 is 11.5 Å². The maximum Gasteiger partial charge on any atom is 0.317 e. The smallest absolute Gasteiger partial charge is 0.317 e. The van der Waals surface area contributed by atoms with Gasteiger partial charge in [0.15, 0.2) is 0 Å². The van der Waals surface area contributed by atoms with Crippen molar-refractivity contribution in [1.82, 2.24) is 0 Å². The van der Waals surface area contributed by atoms with E-state index in [1.807, 2.05) is 0 Å². The van der Waals surface area contributed by atoms with Crippen molar-refractivity contribution < 1.29 is 14.5 Å². The molecule has 0 bridgehead atoms. The van der Waals surface area contributed by atoms with Gasteiger partial charge in [-0.05, 0) is 26.3 Å². The number of carbonyl (C=O) groups excluding carboxylic acids is 1. The molecule has 0 spiro atoms. The molecule has 0 aromatic heterocycles. The summed E-state index contributed by atoms with van der Waals surface area (Å²) in [5, 5.41) is 11.0. The van der Waals surface area contributed by atoms with Crippen LogP contribution in [0.5, 0.6) is 0 Å². The Morgan fingerprint density at radius 2 is 2.00 bits per heavy atom. The fourth-order valence-electron chi connectivity index (χ4n) is 2.22. The molecule has 0 saturated carbocycles. The Kier molecular flexibility index (Phi) is 3.47. The summed E-state index contributed by atoms with van der Waals surface area (Å²) in [5.41, 5.74) is 10.9. The number of hydrogen-bond acceptors (Lipinski definition) is 6. The minimum atomic E-state index is -1.18. The summed E-state index contributed by atoms with van der Waals surface area (Å²) in [7, 11) is 1.24. The highest BCUT2D eigenvalue weighted by atomic mass is 16.6. The van der Waals surface area contributed by atoms with E-state index in [4.69, 9.17) is 16.2 Å². The Balaban J connectivity index is 3.52. The van der Waals surface area contributed by atoms with E-state index in [-0.39, 0.29) is 17.0 Å².